The molecule has 2 N–H and O–H groups in total. The van der Waals surface area contributed by atoms with Crippen LogP contribution in [0, 0.1) is 5.82 Å². The van der Waals surface area contributed by atoms with Gasteiger partial charge in [0.2, 0.25) is 0 Å². The van der Waals surface area contributed by atoms with Crippen LogP contribution in [-0.2, 0) is 19.4 Å². The maximum absolute atomic E-state index is 13.8. The highest BCUT2D eigenvalue weighted by atomic mass is 35.5. The van der Waals surface area contributed by atoms with Crippen molar-refractivity contribution in [1.29, 1.82) is 0 Å². The van der Waals surface area contributed by atoms with Gasteiger partial charge in [0.05, 0.1) is 6.54 Å². The van der Waals surface area contributed by atoms with Crippen LogP contribution in [0.15, 0.2) is 29.5 Å². The van der Waals surface area contributed by atoms with Crippen LogP contribution in [0.1, 0.15) is 17.8 Å². The predicted octanol–water partition coefficient (Wildman–Crippen LogP) is 1.79. The summed E-state index contributed by atoms with van der Waals surface area (Å²) in [5.74, 6) is 1.43. The molecule has 1 aliphatic rings. The third-order valence-electron chi connectivity index (χ3n) is 4.10. The highest BCUT2D eigenvalue weighted by Gasteiger charge is 2.20. The Hall–Kier alpha value is -2.15. The first kappa shape index (κ1) is 16.7. The molecule has 0 amide bonds. The van der Waals surface area contributed by atoms with Gasteiger partial charge in [-0.2, -0.15) is 5.10 Å². The minimum Gasteiger partial charge on any atom is -0.356 e. The number of aromatic nitrogens is 3. The molecule has 1 atom stereocenters. The number of fused-ring (bicyclic) bond motifs is 1. The van der Waals surface area contributed by atoms with E-state index in [0.717, 1.165) is 25.2 Å². The summed E-state index contributed by atoms with van der Waals surface area (Å²) in [4.78, 5) is 8.44. The fourth-order valence-electron chi connectivity index (χ4n) is 2.82. The van der Waals surface area contributed by atoms with Crippen LogP contribution in [0.5, 0.6) is 0 Å². The molecule has 1 aromatic carbocycles. The number of guanidine groups is 1. The second kappa shape index (κ2) is 7.61. The maximum atomic E-state index is 13.8. The van der Waals surface area contributed by atoms with E-state index in [1.807, 2.05) is 4.68 Å². The molecule has 2 aromatic rings. The van der Waals surface area contributed by atoms with Crippen LogP contribution in [0.25, 0.3) is 0 Å². The van der Waals surface area contributed by atoms with Gasteiger partial charge in [0, 0.05) is 36.6 Å². The maximum Gasteiger partial charge on any atom is 0.191 e. The summed E-state index contributed by atoms with van der Waals surface area (Å²) < 4.78 is 15.7. The van der Waals surface area contributed by atoms with Gasteiger partial charge >= 0.3 is 0 Å². The first-order chi connectivity index (χ1) is 11.7. The smallest absolute Gasteiger partial charge is 0.191 e. The third-order valence-corrected chi connectivity index (χ3v) is 4.45. The molecule has 0 radical (unpaired) electrons. The monoisotopic (exact) mass is 350 g/mol. The number of hydrogen-bond donors (Lipinski definition) is 2. The van der Waals surface area contributed by atoms with Crippen molar-refractivity contribution in [3.63, 3.8) is 0 Å². The molecule has 0 fully saturated rings. The van der Waals surface area contributed by atoms with Crippen molar-refractivity contribution in [2.45, 2.75) is 31.8 Å². The summed E-state index contributed by atoms with van der Waals surface area (Å²) in [5, 5.41) is 11.2. The van der Waals surface area contributed by atoms with Crippen LogP contribution in [0.2, 0.25) is 5.02 Å². The zero-order chi connectivity index (χ0) is 16.9. The van der Waals surface area contributed by atoms with Crippen molar-refractivity contribution in [3.8, 4) is 0 Å². The molecule has 0 saturated carbocycles. The molecule has 24 heavy (non-hydrogen) atoms. The Labute approximate surface area is 145 Å². The van der Waals surface area contributed by atoms with Gasteiger partial charge < -0.3 is 10.6 Å². The lowest BCUT2D eigenvalue weighted by atomic mass is 10.1. The minimum atomic E-state index is -0.279. The SMILES string of the molecule is CN=C(NCCc1c(F)cccc1Cl)NC1CCc2ncnn2C1. The topological polar surface area (TPSA) is 67.1 Å². The summed E-state index contributed by atoms with van der Waals surface area (Å²) >= 11 is 6.04. The second-order valence-electron chi connectivity index (χ2n) is 5.69. The highest BCUT2D eigenvalue weighted by molar-refractivity contribution is 6.31. The van der Waals surface area contributed by atoms with Gasteiger partial charge in [0.15, 0.2) is 5.96 Å². The Kier molecular flexibility index (Phi) is 5.30. The van der Waals surface area contributed by atoms with E-state index < -0.39 is 0 Å². The predicted molar refractivity (Wildman–Crippen MR) is 91.7 cm³/mol. The molecule has 0 aliphatic carbocycles. The van der Waals surface area contributed by atoms with E-state index in [0.29, 0.717) is 29.5 Å². The molecule has 1 unspecified atom stereocenters. The average molecular weight is 351 g/mol. The Bertz CT molecular complexity index is 709. The van der Waals surface area contributed by atoms with Gasteiger partial charge in [-0.05, 0) is 25.0 Å². The molecule has 1 aliphatic heterocycles. The Morgan fingerprint density at radius 1 is 1.50 bits per heavy atom. The van der Waals surface area contributed by atoms with E-state index in [4.69, 9.17) is 11.6 Å². The molecule has 8 heteroatoms. The number of rotatable bonds is 4. The molecule has 0 spiro atoms. The first-order valence-electron chi connectivity index (χ1n) is 7.94. The highest BCUT2D eigenvalue weighted by Crippen LogP contribution is 2.19. The van der Waals surface area contributed by atoms with E-state index in [1.165, 1.54) is 6.07 Å². The molecule has 6 nitrogen and oxygen atoms in total. The molecule has 0 saturated heterocycles. The Morgan fingerprint density at radius 2 is 2.38 bits per heavy atom. The molecule has 0 bridgehead atoms. The summed E-state index contributed by atoms with van der Waals surface area (Å²) in [6.45, 7) is 1.30. The lowest BCUT2D eigenvalue weighted by Gasteiger charge is -2.25. The Balaban J connectivity index is 1.51. The lowest BCUT2D eigenvalue weighted by Crippen LogP contribution is -2.47. The number of aryl methyl sites for hydroxylation is 1. The fourth-order valence-corrected chi connectivity index (χ4v) is 3.08. The number of aliphatic imine (C=N–C) groups is 1. The summed E-state index contributed by atoms with van der Waals surface area (Å²) in [7, 11) is 1.72. The van der Waals surface area contributed by atoms with Crippen LogP contribution < -0.4 is 10.6 Å². The van der Waals surface area contributed by atoms with Gasteiger partial charge in [-0.3, -0.25) is 4.99 Å². The summed E-state index contributed by atoms with van der Waals surface area (Å²) in [6, 6.07) is 4.97. The number of nitrogens with one attached hydrogen (secondary N) is 2. The quantitative estimate of drug-likeness (QED) is 0.651. The van der Waals surface area contributed by atoms with Gasteiger partial charge in [-0.1, -0.05) is 17.7 Å². The second-order valence-corrected chi connectivity index (χ2v) is 6.09. The first-order valence-corrected chi connectivity index (χ1v) is 8.32. The van der Waals surface area contributed by atoms with E-state index in [1.54, 1.807) is 25.5 Å². The zero-order valence-electron chi connectivity index (χ0n) is 13.5. The van der Waals surface area contributed by atoms with Gasteiger partial charge in [0.1, 0.15) is 18.0 Å². The molecule has 3 rings (SSSR count). The van der Waals surface area contributed by atoms with E-state index in [9.17, 15) is 4.39 Å². The minimum absolute atomic E-state index is 0.238. The average Bonchev–Trinajstić information content (AvgIpc) is 3.04. The van der Waals surface area contributed by atoms with Gasteiger partial charge in [-0.25, -0.2) is 14.1 Å². The summed E-state index contributed by atoms with van der Waals surface area (Å²) in [6.07, 6.45) is 3.94. The standard InChI is InChI=1S/C16H20ClFN6/c1-19-16(20-8-7-12-13(17)3-2-4-14(12)18)23-11-5-6-15-21-10-22-24(15)9-11/h2-4,10-11H,5-9H2,1H3,(H2,19,20,23). The number of nitrogens with zero attached hydrogens (tertiary/aromatic N) is 4. The number of benzene rings is 1. The van der Waals surface area contributed by atoms with Crippen LogP contribution >= 0.6 is 11.6 Å². The van der Waals surface area contributed by atoms with E-state index in [-0.39, 0.29) is 11.9 Å². The number of hydrogen-bond acceptors (Lipinski definition) is 3. The lowest BCUT2D eigenvalue weighted by molar-refractivity contribution is 0.393. The van der Waals surface area contributed by atoms with Crippen molar-refractivity contribution >= 4 is 17.6 Å². The van der Waals surface area contributed by atoms with Crippen molar-refractivity contribution in [3.05, 3.63) is 46.8 Å². The van der Waals surface area contributed by atoms with Crippen LogP contribution in [0.4, 0.5) is 4.39 Å². The molecule has 2 heterocycles. The molecule has 1 aromatic heterocycles. The zero-order valence-corrected chi connectivity index (χ0v) is 14.2. The molecular formula is C16H20ClFN6. The third kappa shape index (κ3) is 3.84. The van der Waals surface area contributed by atoms with Gasteiger partial charge in [-0.15, -0.1) is 0 Å². The van der Waals surface area contributed by atoms with Crippen LogP contribution in [0.3, 0.4) is 0 Å². The van der Waals surface area contributed by atoms with Crippen molar-refractivity contribution in [2.24, 2.45) is 4.99 Å². The largest absolute Gasteiger partial charge is 0.356 e. The molecular weight excluding hydrogens is 331 g/mol. The normalized spacial score (nSPS) is 17.5. The van der Waals surface area contributed by atoms with Crippen LogP contribution in [-0.4, -0.2) is 40.4 Å². The van der Waals surface area contributed by atoms with Crippen molar-refractivity contribution in [2.75, 3.05) is 13.6 Å². The van der Waals surface area contributed by atoms with Gasteiger partial charge in [0.25, 0.3) is 0 Å². The van der Waals surface area contributed by atoms with E-state index >= 15 is 0 Å². The molecule has 128 valence electrons. The summed E-state index contributed by atoms with van der Waals surface area (Å²) in [5.41, 5.74) is 0.520. The Morgan fingerprint density at radius 3 is 3.17 bits per heavy atom. The van der Waals surface area contributed by atoms with Crippen molar-refractivity contribution in [1.82, 2.24) is 25.4 Å². The fraction of sp³-hybridized carbons (Fsp3) is 0.438. The number of halogens is 2. The van der Waals surface area contributed by atoms with Crippen molar-refractivity contribution < 1.29 is 4.39 Å². The van der Waals surface area contributed by atoms with E-state index in [2.05, 4.69) is 25.7 Å².